The molecule has 3 nitrogen and oxygen atoms in total. The van der Waals surface area contributed by atoms with Crippen LogP contribution >= 0.6 is 11.6 Å². The number of halogens is 1. The Kier molecular flexibility index (Phi) is 2.55. The zero-order valence-corrected chi connectivity index (χ0v) is 10.2. The first-order chi connectivity index (χ1) is 6.91. The van der Waals surface area contributed by atoms with Gasteiger partial charge < -0.3 is 9.67 Å². The molecule has 15 heavy (non-hydrogen) atoms. The fourth-order valence-corrected chi connectivity index (χ4v) is 2.44. The molecule has 1 N–H and O–H groups in total. The van der Waals surface area contributed by atoms with E-state index in [1.165, 1.54) is 0 Å². The van der Waals surface area contributed by atoms with E-state index in [0.717, 1.165) is 30.9 Å². The van der Waals surface area contributed by atoms with Gasteiger partial charge in [-0.3, -0.25) is 0 Å². The molecule has 0 amide bonds. The monoisotopic (exact) mass is 228 g/mol. The SMILES string of the molecule is CC(C)(C)c1nc(Cl)c2n1CCCC2O. The van der Waals surface area contributed by atoms with Crippen LogP contribution in [0.3, 0.4) is 0 Å². The molecule has 0 saturated carbocycles. The number of aliphatic hydroxyl groups excluding tert-OH is 1. The lowest BCUT2D eigenvalue weighted by Gasteiger charge is -2.25. The first-order valence-electron chi connectivity index (χ1n) is 5.35. The Labute approximate surface area is 95.1 Å². The van der Waals surface area contributed by atoms with E-state index in [9.17, 15) is 5.11 Å². The molecule has 1 aromatic heterocycles. The normalized spacial score (nSPS) is 21.5. The highest BCUT2D eigenvalue weighted by molar-refractivity contribution is 6.30. The van der Waals surface area contributed by atoms with Crippen LogP contribution in [0.25, 0.3) is 0 Å². The maximum Gasteiger partial charge on any atom is 0.153 e. The van der Waals surface area contributed by atoms with Crippen LogP contribution < -0.4 is 0 Å². The number of aliphatic hydroxyl groups is 1. The molecule has 0 saturated heterocycles. The van der Waals surface area contributed by atoms with E-state index in [1.54, 1.807) is 0 Å². The van der Waals surface area contributed by atoms with Crippen molar-refractivity contribution in [2.24, 2.45) is 0 Å². The van der Waals surface area contributed by atoms with E-state index in [1.807, 2.05) is 0 Å². The molecule has 4 heteroatoms. The van der Waals surface area contributed by atoms with Crippen molar-refractivity contribution in [2.45, 2.75) is 51.7 Å². The maximum atomic E-state index is 9.88. The molecular formula is C11H17ClN2O. The van der Waals surface area contributed by atoms with Crippen LogP contribution in [0.15, 0.2) is 0 Å². The fourth-order valence-electron chi connectivity index (χ4n) is 2.13. The van der Waals surface area contributed by atoms with Crippen molar-refractivity contribution in [3.05, 3.63) is 16.7 Å². The summed E-state index contributed by atoms with van der Waals surface area (Å²) in [7, 11) is 0. The Morgan fingerprint density at radius 3 is 2.73 bits per heavy atom. The molecule has 1 unspecified atom stereocenters. The lowest BCUT2D eigenvalue weighted by atomic mass is 9.95. The van der Waals surface area contributed by atoms with Crippen LogP contribution in [0.5, 0.6) is 0 Å². The van der Waals surface area contributed by atoms with Gasteiger partial charge in [0, 0.05) is 12.0 Å². The van der Waals surface area contributed by atoms with Crippen molar-refractivity contribution < 1.29 is 5.11 Å². The Hall–Kier alpha value is -0.540. The van der Waals surface area contributed by atoms with E-state index in [2.05, 4.69) is 30.3 Å². The first kappa shape index (κ1) is 11.0. The van der Waals surface area contributed by atoms with Gasteiger partial charge in [0.1, 0.15) is 5.82 Å². The van der Waals surface area contributed by atoms with Crippen molar-refractivity contribution in [1.29, 1.82) is 0 Å². The molecule has 0 bridgehead atoms. The number of rotatable bonds is 0. The average molecular weight is 229 g/mol. The van der Waals surface area contributed by atoms with Gasteiger partial charge in [0.05, 0.1) is 11.8 Å². The number of hydrogen-bond donors (Lipinski definition) is 1. The molecule has 0 aromatic carbocycles. The summed E-state index contributed by atoms with van der Waals surface area (Å²) >= 11 is 6.07. The molecule has 2 rings (SSSR count). The third-order valence-electron chi connectivity index (χ3n) is 2.81. The molecular weight excluding hydrogens is 212 g/mol. The Morgan fingerprint density at radius 2 is 2.13 bits per heavy atom. The maximum absolute atomic E-state index is 9.88. The summed E-state index contributed by atoms with van der Waals surface area (Å²) in [5.41, 5.74) is 0.770. The second kappa shape index (κ2) is 3.49. The molecule has 1 aliphatic rings. The van der Waals surface area contributed by atoms with Gasteiger partial charge in [-0.25, -0.2) is 4.98 Å². The highest BCUT2D eigenvalue weighted by Gasteiger charge is 2.30. The summed E-state index contributed by atoms with van der Waals surface area (Å²) in [4.78, 5) is 4.38. The Morgan fingerprint density at radius 1 is 1.47 bits per heavy atom. The molecule has 0 fully saturated rings. The lowest BCUT2D eigenvalue weighted by Crippen LogP contribution is -2.23. The molecule has 1 atom stereocenters. The van der Waals surface area contributed by atoms with Crippen LogP contribution in [-0.4, -0.2) is 14.7 Å². The number of hydrogen-bond acceptors (Lipinski definition) is 2. The van der Waals surface area contributed by atoms with Gasteiger partial charge in [0.2, 0.25) is 0 Å². The van der Waals surface area contributed by atoms with Gasteiger partial charge in [-0.2, -0.15) is 0 Å². The summed E-state index contributed by atoms with van der Waals surface area (Å²) in [6, 6.07) is 0. The smallest absolute Gasteiger partial charge is 0.153 e. The second-order valence-electron chi connectivity index (χ2n) is 5.17. The van der Waals surface area contributed by atoms with E-state index in [4.69, 9.17) is 11.6 Å². The summed E-state index contributed by atoms with van der Waals surface area (Å²) in [5, 5.41) is 10.3. The average Bonchev–Trinajstić information content (AvgIpc) is 2.44. The van der Waals surface area contributed by atoms with E-state index >= 15 is 0 Å². The zero-order valence-electron chi connectivity index (χ0n) is 9.42. The summed E-state index contributed by atoms with van der Waals surface area (Å²) in [6.45, 7) is 7.25. The van der Waals surface area contributed by atoms with Crippen LogP contribution in [0, 0.1) is 0 Å². The molecule has 0 radical (unpaired) electrons. The fraction of sp³-hybridized carbons (Fsp3) is 0.727. The highest BCUT2D eigenvalue weighted by Crippen LogP contribution is 2.35. The Balaban J connectivity index is 2.56. The number of fused-ring (bicyclic) bond motifs is 1. The van der Waals surface area contributed by atoms with Gasteiger partial charge in [-0.1, -0.05) is 32.4 Å². The summed E-state index contributed by atoms with van der Waals surface area (Å²) in [6.07, 6.45) is 1.33. The van der Waals surface area contributed by atoms with Crippen molar-refractivity contribution in [3.8, 4) is 0 Å². The van der Waals surface area contributed by atoms with E-state index < -0.39 is 6.10 Å². The van der Waals surface area contributed by atoms with Gasteiger partial charge >= 0.3 is 0 Å². The number of aromatic nitrogens is 2. The quantitative estimate of drug-likeness (QED) is 0.742. The van der Waals surface area contributed by atoms with Crippen LogP contribution in [0.2, 0.25) is 5.15 Å². The minimum absolute atomic E-state index is 0.0288. The highest BCUT2D eigenvalue weighted by atomic mass is 35.5. The van der Waals surface area contributed by atoms with Crippen molar-refractivity contribution in [3.63, 3.8) is 0 Å². The van der Waals surface area contributed by atoms with Crippen molar-refractivity contribution >= 4 is 11.6 Å². The van der Waals surface area contributed by atoms with E-state index in [-0.39, 0.29) is 5.41 Å². The largest absolute Gasteiger partial charge is 0.387 e. The third-order valence-corrected chi connectivity index (χ3v) is 3.09. The van der Waals surface area contributed by atoms with Gasteiger partial charge in [-0.15, -0.1) is 0 Å². The van der Waals surface area contributed by atoms with E-state index in [0.29, 0.717) is 5.15 Å². The lowest BCUT2D eigenvalue weighted by molar-refractivity contribution is 0.137. The molecule has 0 spiro atoms. The van der Waals surface area contributed by atoms with Crippen LogP contribution in [0.4, 0.5) is 0 Å². The summed E-state index contributed by atoms with van der Waals surface area (Å²) in [5.74, 6) is 0.973. The predicted molar refractivity (Wildman–Crippen MR) is 60.1 cm³/mol. The predicted octanol–water partition coefficient (Wildman–Crippen LogP) is 2.66. The number of nitrogens with zero attached hydrogens (tertiary/aromatic N) is 2. The second-order valence-corrected chi connectivity index (χ2v) is 5.53. The molecule has 2 heterocycles. The minimum atomic E-state index is -0.449. The van der Waals surface area contributed by atoms with Crippen molar-refractivity contribution in [2.75, 3.05) is 0 Å². The topological polar surface area (TPSA) is 38.0 Å². The Bertz CT molecular complexity index is 379. The van der Waals surface area contributed by atoms with Crippen LogP contribution in [0.1, 0.15) is 51.2 Å². The van der Waals surface area contributed by atoms with Gasteiger partial charge in [0.25, 0.3) is 0 Å². The third kappa shape index (κ3) is 1.79. The van der Waals surface area contributed by atoms with Gasteiger partial charge in [-0.05, 0) is 12.8 Å². The van der Waals surface area contributed by atoms with Crippen molar-refractivity contribution in [1.82, 2.24) is 9.55 Å². The minimum Gasteiger partial charge on any atom is -0.387 e. The first-order valence-corrected chi connectivity index (χ1v) is 5.73. The summed E-state index contributed by atoms with van der Waals surface area (Å²) < 4.78 is 2.08. The zero-order chi connectivity index (χ0) is 11.2. The standard InChI is InChI=1S/C11H17ClN2O/c1-11(2,3)10-13-9(12)8-7(15)5-4-6-14(8)10/h7,15H,4-6H2,1-3H3. The van der Waals surface area contributed by atoms with Crippen LogP contribution in [-0.2, 0) is 12.0 Å². The molecule has 0 aliphatic carbocycles. The number of imidazole rings is 1. The molecule has 1 aromatic rings. The molecule has 84 valence electrons. The molecule has 1 aliphatic heterocycles. The van der Waals surface area contributed by atoms with Gasteiger partial charge in [0.15, 0.2) is 5.15 Å².